The van der Waals surface area contributed by atoms with E-state index in [9.17, 15) is 9.59 Å². The van der Waals surface area contributed by atoms with Crippen molar-refractivity contribution in [1.29, 1.82) is 0 Å². The van der Waals surface area contributed by atoms with Crippen LogP contribution in [0.5, 0.6) is 0 Å². The Bertz CT molecular complexity index is 535. The highest BCUT2D eigenvalue weighted by molar-refractivity contribution is 7.99. The maximum absolute atomic E-state index is 11.6. The third kappa shape index (κ3) is 7.50. The zero-order valence-corrected chi connectivity index (χ0v) is 14.8. The maximum Gasteiger partial charge on any atom is 0.307 e. The molecule has 0 bridgehead atoms. The Balaban J connectivity index is 2.26. The van der Waals surface area contributed by atoms with Gasteiger partial charge in [0.2, 0.25) is 0 Å². The van der Waals surface area contributed by atoms with Crippen LogP contribution in [0.15, 0.2) is 23.1 Å². The fraction of sp³-hybridized carbons (Fsp3) is 0.529. The number of hydrogen-bond acceptors (Lipinski definition) is 4. The minimum Gasteiger partial charge on any atom is -0.456 e. The lowest BCUT2D eigenvalue weighted by molar-refractivity contribution is -0.148. The molecule has 0 heterocycles. The van der Waals surface area contributed by atoms with E-state index < -0.39 is 0 Å². The second-order valence-corrected chi connectivity index (χ2v) is 7.47. The zero-order chi connectivity index (χ0) is 16.8. The number of rotatable bonds is 6. The van der Waals surface area contributed by atoms with Crippen LogP contribution in [-0.2, 0) is 14.3 Å². The molecule has 0 aliphatic carbocycles. The van der Waals surface area contributed by atoms with Gasteiger partial charge >= 0.3 is 5.97 Å². The summed E-state index contributed by atoms with van der Waals surface area (Å²) in [5.74, 6) is 0.0189. The van der Waals surface area contributed by atoms with Crippen molar-refractivity contribution in [2.24, 2.45) is 0 Å². The Labute approximate surface area is 137 Å². The second kappa shape index (κ2) is 8.22. The molecule has 5 heteroatoms. The van der Waals surface area contributed by atoms with Crippen LogP contribution in [0.3, 0.4) is 0 Å². The first-order chi connectivity index (χ1) is 10.2. The molecule has 4 nitrogen and oxygen atoms in total. The van der Waals surface area contributed by atoms with Crippen LogP contribution in [0.2, 0.25) is 0 Å². The lowest BCUT2D eigenvalue weighted by Crippen LogP contribution is -2.42. The Morgan fingerprint density at radius 1 is 1.18 bits per heavy atom. The van der Waals surface area contributed by atoms with Gasteiger partial charge < -0.3 is 10.1 Å². The number of nitrogens with one attached hydrogen (secondary N) is 1. The molecular formula is C17H25NO3S. The summed E-state index contributed by atoms with van der Waals surface area (Å²) in [6.07, 6.45) is 0.292. The number of carbonyl (C=O) groups excluding carboxylic acids is 2. The SMILES string of the molecule is Cc1ccc(SCCC(=O)OCC(=O)NC(C)(C)C)cc1C. The van der Waals surface area contributed by atoms with E-state index in [1.807, 2.05) is 20.8 Å². The fourth-order valence-electron chi connectivity index (χ4n) is 1.73. The lowest BCUT2D eigenvalue weighted by atomic mass is 10.1. The summed E-state index contributed by atoms with van der Waals surface area (Å²) in [5, 5.41) is 2.75. The van der Waals surface area contributed by atoms with E-state index in [2.05, 4.69) is 37.4 Å². The number of thioether (sulfide) groups is 1. The summed E-state index contributed by atoms with van der Waals surface area (Å²) in [5.41, 5.74) is 2.18. The number of ether oxygens (including phenoxy) is 1. The highest BCUT2D eigenvalue weighted by Crippen LogP contribution is 2.21. The van der Waals surface area contributed by atoms with Gasteiger partial charge in [-0.2, -0.15) is 0 Å². The molecule has 1 aromatic rings. The summed E-state index contributed by atoms with van der Waals surface area (Å²) in [6, 6.07) is 6.24. The molecule has 0 unspecified atom stereocenters. The van der Waals surface area contributed by atoms with Crippen LogP contribution < -0.4 is 5.32 Å². The number of hydrogen-bond donors (Lipinski definition) is 1. The van der Waals surface area contributed by atoms with Crippen molar-refractivity contribution in [1.82, 2.24) is 5.32 Å². The monoisotopic (exact) mass is 323 g/mol. The van der Waals surface area contributed by atoms with Crippen LogP contribution in [0.25, 0.3) is 0 Å². The van der Waals surface area contributed by atoms with Crippen LogP contribution in [0.1, 0.15) is 38.3 Å². The average molecular weight is 323 g/mol. The number of benzene rings is 1. The van der Waals surface area contributed by atoms with Gasteiger partial charge in [-0.25, -0.2) is 0 Å². The van der Waals surface area contributed by atoms with Gasteiger partial charge in [0.25, 0.3) is 5.91 Å². The van der Waals surface area contributed by atoms with Gasteiger partial charge in [-0.15, -0.1) is 11.8 Å². The van der Waals surface area contributed by atoms with E-state index in [1.165, 1.54) is 11.1 Å². The molecule has 0 atom stereocenters. The largest absolute Gasteiger partial charge is 0.456 e. The molecule has 1 amide bonds. The summed E-state index contributed by atoms with van der Waals surface area (Å²) in [4.78, 5) is 24.3. The molecule has 0 aliphatic heterocycles. The van der Waals surface area contributed by atoms with Crippen molar-refractivity contribution in [2.45, 2.75) is 51.5 Å². The van der Waals surface area contributed by atoms with E-state index in [0.717, 1.165) is 4.90 Å². The van der Waals surface area contributed by atoms with Gasteiger partial charge in [-0.3, -0.25) is 9.59 Å². The van der Waals surface area contributed by atoms with Crippen LogP contribution >= 0.6 is 11.8 Å². The fourth-order valence-corrected chi connectivity index (χ4v) is 2.66. The second-order valence-electron chi connectivity index (χ2n) is 6.30. The molecule has 0 aromatic heterocycles. The molecular weight excluding hydrogens is 298 g/mol. The van der Waals surface area contributed by atoms with Crippen LogP contribution in [-0.4, -0.2) is 29.8 Å². The third-order valence-corrected chi connectivity index (χ3v) is 3.93. The number of esters is 1. The maximum atomic E-state index is 11.6. The van der Waals surface area contributed by atoms with Crippen LogP contribution in [0.4, 0.5) is 0 Å². The predicted octanol–water partition coefficient (Wildman–Crippen LogP) is 3.24. The molecule has 0 spiro atoms. The molecule has 1 N–H and O–H groups in total. The Morgan fingerprint density at radius 3 is 2.45 bits per heavy atom. The van der Waals surface area contributed by atoms with Gasteiger partial charge in [0, 0.05) is 16.2 Å². The van der Waals surface area contributed by atoms with E-state index in [1.54, 1.807) is 11.8 Å². The molecule has 122 valence electrons. The summed E-state index contributed by atoms with van der Waals surface area (Å²) >= 11 is 1.61. The first-order valence-electron chi connectivity index (χ1n) is 7.34. The first kappa shape index (κ1) is 18.6. The third-order valence-electron chi connectivity index (χ3n) is 2.93. The van der Waals surface area contributed by atoms with Crippen molar-refractivity contribution in [3.63, 3.8) is 0 Å². The number of carbonyl (C=O) groups is 2. The molecule has 0 fully saturated rings. The van der Waals surface area contributed by atoms with Crippen molar-refractivity contribution in [3.8, 4) is 0 Å². The lowest BCUT2D eigenvalue weighted by Gasteiger charge is -2.20. The first-order valence-corrected chi connectivity index (χ1v) is 8.32. The summed E-state index contributed by atoms with van der Waals surface area (Å²) in [6.45, 7) is 9.57. The predicted molar refractivity (Wildman–Crippen MR) is 90.1 cm³/mol. The molecule has 22 heavy (non-hydrogen) atoms. The minimum absolute atomic E-state index is 0.218. The van der Waals surface area contributed by atoms with Crippen LogP contribution in [0, 0.1) is 13.8 Å². The highest BCUT2D eigenvalue weighted by atomic mass is 32.2. The van der Waals surface area contributed by atoms with Crippen molar-refractivity contribution >= 4 is 23.6 Å². The van der Waals surface area contributed by atoms with Crippen molar-refractivity contribution in [2.75, 3.05) is 12.4 Å². The molecule has 1 aromatic carbocycles. The van der Waals surface area contributed by atoms with Gasteiger partial charge in [-0.1, -0.05) is 6.07 Å². The van der Waals surface area contributed by atoms with Crippen molar-refractivity contribution < 1.29 is 14.3 Å². The molecule has 0 aliphatic rings. The Morgan fingerprint density at radius 2 is 1.86 bits per heavy atom. The highest BCUT2D eigenvalue weighted by Gasteiger charge is 2.15. The smallest absolute Gasteiger partial charge is 0.307 e. The standard InChI is InChI=1S/C17H25NO3S/c1-12-6-7-14(10-13(12)2)22-9-8-16(20)21-11-15(19)18-17(3,4)5/h6-7,10H,8-9,11H2,1-5H3,(H,18,19). The summed E-state index contributed by atoms with van der Waals surface area (Å²) < 4.78 is 4.97. The summed E-state index contributed by atoms with van der Waals surface area (Å²) in [7, 11) is 0. The number of aryl methyl sites for hydroxylation is 2. The van der Waals surface area contributed by atoms with E-state index in [0.29, 0.717) is 12.2 Å². The Kier molecular flexibility index (Phi) is 6.94. The molecule has 0 radical (unpaired) electrons. The van der Waals surface area contributed by atoms with Gasteiger partial charge in [0.05, 0.1) is 6.42 Å². The normalized spacial score (nSPS) is 11.1. The van der Waals surface area contributed by atoms with E-state index in [-0.39, 0.29) is 24.0 Å². The minimum atomic E-state index is -0.347. The number of amides is 1. The molecule has 0 saturated heterocycles. The van der Waals surface area contributed by atoms with Crippen molar-refractivity contribution in [3.05, 3.63) is 29.3 Å². The molecule has 0 saturated carbocycles. The van der Waals surface area contributed by atoms with E-state index >= 15 is 0 Å². The van der Waals surface area contributed by atoms with Gasteiger partial charge in [0.15, 0.2) is 6.61 Å². The Hall–Kier alpha value is -1.49. The quantitative estimate of drug-likeness (QED) is 0.645. The van der Waals surface area contributed by atoms with Gasteiger partial charge in [0.1, 0.15) is 0 Å². The zero-order valence-electron chi connectivity index (χ0n) is 14.0. The topological polar surface area (TPSA) is 55.4 Å². The average Bonchev–Trinajstić information content (AvgIpc) is 2.38. The molecule has 1 rings (SSSR count). The van der Waals surface area contributed by atoms with Gasteiger partial charge in [-0.05, 0) is 57.9 Å². The van der Waals surface area contributed by atoms with E-state index in [4.69, 9.17) is 4.74 Å².